The van der Waals surface area contributed by atoms with Crippen molar-refractivity contribution in [3.05, 3.63) is 6.42 Å². The number of hydrogen-bond donors (Lipinski definition) is 1. The maximum atomic E-state index is 12.1. The molecule has 163 valence electrons. The molecule has 7 heteroatoms. The summed E-state index contributed by atoms with van der Waals surface area (Å²) in [4.78, 5) is 35.3. The monoisotopic (exact) mass is 417 g/mol. The summed E-state index contributed by atoms with van der Waals surface area (Å²) in [5, 5.41) is 8.14. The highest BCUT2D eigenvalue weighted by atomic mass is 32.2. The number of rotatable bonds is 18. The number of methoxy groups -OCH3 is 1. The Hall–Kier alpha value is -1.24. The fourth-order valence-corrected chi connectivity index (χ4v) is 4.16. The molecule has 0 bridgehead atoms. The highest BCUT2D eigenvalue weighted by Gasteiger charge is 2.38. The average molecular weight is 418 g/mol. The van der Waals surface area contributed by atoms with Crippen LogP contribution in [0.1, 0.15) is 78.1 Å². The predicted octanol–water partition coefficient (Wildman–Crippen LogP) is 4.65. The lowest BCUT2D eigenvalue weighted by Gasteiger charge is -2.21. The van der Waals surface area contributed by atoms with Gasteiger partial charge in [0.1, 0.15) is 5.25 Å². The van der Waals surface area contributed by atoms with Crippen LogP contribution in [0.5, 0.6) is 0 Å². The summed E-state index contributed by atoms with van der Waals surface area (Å²) in [7, 11) is 1.24. The molecule has 0 aliphatic carbocycles. The van der Waals surface area contributed by atoms with Crippen molar-refractivity contribution in [1.82, 2.24) is 0 Å². The quantitative estimate of drug-likeness (QED) is 0.256. The first-order valence-corrected chi connectivity index (χ1v) is 11.5. The van der Waals surface area contributed by atoms with Crippen molar-refractivity contribution < 1.29 is 29.0 Å². The largest absolute Gasteiger partial charge is 0.481 e. The predicted molar refractivity (Wildman–Crippen MR) is 112 cm³/mol. The van der Waals surface area contributed by atoms with E-state index >= 15 is 0 Å². The summed E-state index contributed by atoms with van der Waals surface area (Å²) < 4.78 is 9.71. The Morgan fingerprint density at radius 1 is 0.893 bits per heavy atom. The van der Waals surface area contributed by atoms with Crippen molar-refractivity contribution >= 4 is 29.7 Å². The molecule has 0 amide bonds. The highest BCUT2D eigenvalue weighted by molar-refractivity contribution is 8.00. The fraction of sp³-hybridized carbons (Fsp3) is 0.810. The third kappa shape index (κ3) is 13.0. The van der Waals surface area contributed by atoms with Gasteiger partial charge >= 0.3 is 17.9 Å². The van der Waals surface area contributed by atoms with Crippen LogP contribution in [0.25, 0.3) is 0 Å². The minimum absolute atomic E-state index is 0.125. The lowest BCUT2D eigenvalue weighted by Crippen LogP contribution is -2.37. The standard InChI is InChI=1S/C21H37O6S/c1-4-6-7-8-9-10-11-12-13-14-15-28-19(21(25)26-3)17(16-18(22)23)20(24)27-5-2/h16-17,19H,4-15H2,1-3H3,(H,22,23). The molecule has 0 spiro atoms. The molecule has 1 radical (unpaired) electrons. The zero-order valence-corrected chi connectivity index (χ0v) is 18.4. The van der Waals surface area contributed by atoms with Gasteiger partial charge in [-0.05, 0) is 19.1 Å². The van der Waals surface area contributed by atoms with E-state index in [1.165, 1.54) is 63.8 Å². The van der Waals surface area contributed by atoms with Crippen LogP contribution in [0.3, 0.4) is 0 Å². The average Bonchev–Trinajstić information content (AvgIpc) is 2.67. The van der Waals surface area contributed by atoms with Gasteiger partial charge in [-0.3, -0.25) is 14.4 Å². The second-order valence-corrected chi connectivity index (χ2v) is 8.03. The van der Waals surface area contributed by atoms with E-state index in [0.717, 1.165) is 25.7 Å². The lowest BCUT2D eigenvalue weighted by atomic mass is 10.0. The molecule has 0 heterocycles. The molecule has 0 aromatic heterocycles. The number of esters is 2. The van der Waals surface area contributed by atoms with Gasteiger partial charge in [0.05, 0.1) is 26.1 Å². The number of carboxylic acid groups (broad SMARTS) is 1. The number of thioether (sulfide) groups is 1. The third-order valence-electron chi connectivity index (χ3n) is 4.44. The molecular formula is C21H37O6S. The summed E-state index contributed by atoms with van der Waals surface area (Å²) in [5.74, 6) is -3.06. The number of hydrogen-bond acceptors (Lipinski definition) is 6. The highest BCUT2D eigenvalue weighted by Crippen LogP contribution is 2.26. The summed E-state index contributed by atoms with van der Waals surface area (Å²) in [6.07, 6.45) is 13.0. The Morgan fingerprint density at radius 3 is 1.89 bits per heavy atom. The fourth-order valence-electron chi connectivity index (χ4n) is 2.91. The van der Waals surface area contributed by atoms with Crippen molar-refractivity contribution in [3.8, 4) is 0 Å². The molecule has 0 saturated carbocycles. The number of carbonyl (C=O) groups is 3. The zero-order chi connectivity index (χ0) is 21.2. The maximum Gasteiger partial charge on any atom is 0.319 e. The Bertz CT molecular complexity index is 441. The summed E-state index contributed by atoms with van der Waals surface area (Å²) in [5.41, 5.74) is 0. The SMILES string of the molecule is CCCCCCCCCCCCSC(C(=O)OC)C([CH]C(=O)O)C(=O)OCC. The topological polar surface area (TPSA) is 89.9 Å². The molecule has 2 unspecified atom stereocenters. The molecule has 0 rings (SSSR count). The summed E-state index contributed by atoms with van der Waals surface area (Å²) in [6.45, 7) is 3.98. The zero-order valence-electron chi connectivity index (χ0n) is 17.6. The smallest absolute Gasteiger partial charge is 0.319 e. The van der Waals surface area contributed by atoms with Crippen molar-refractivity contribution in [2.24, 2.45) is 5.92 Å². The molecular weight excluding hydrogens is 380 g/mol. The van der Waals surface area contributed by atoms with Gasteiger partial charge in [-0.2, -0.15) is 0 Å². The van der Waals surface area contributed by atoms with Crippen molar-refractivity contribution in [2.45, 2.75) is 83.3 Å². The first-order chi connectivity index (χ1) is 13.5. The molecule has 2 atom stereocenters. The summed E-state index contributed by atoms with van der Waals surface area (Å²) in [6, 6.07) is 0. The first-order valence-electron chi connectivity index (χ1n) is 10.4. The van der Waals surface area contributed by atoms with Crippen LogP contribution in [-0.2, 0) is 23.9 Å². The summed E-state index contributed by atoms with van der Waals surface area (Å²) >= 11 is 1.27. The molecule has 0 saturated heterocycles. The van der Waals surface area contributed by atoms with E-state index in [1.54, 1.807) is 6.92 Å². The van der Waals surface area contributed by atoms with Gasteiger partial charge in [0, 0.05) is 0 Å². The van der Waals surface area contributed by atoms with Crippen LogP contribution in [-0.4, -0.2) is 47.7 Å². The van der Waals surface area contributed by atoms with Crippen LogP contribution in [0, 0.1) is 12.3 Å². The van der Waals surface area contributed by atoms with Crippen molar-refractivity contribution in [1.29, 1.82) is 0 Å². The van der Waals surface area contributed by atoms with Crippen molar-refractivity contribution in [2.75, 3.05) is 19.5 Å². The van der Waals surface area contributed by atoms with E-state index in [0.29, 0.717) is 5.75 Å². The Morgan fingerprint density at radius 2 is 1.43 bits per heavy atom. The van der Waals surface area contributed by atoms with Gasteiger partial charge in [0.15, 0.2) is 0 Å². The van der Waals surface area contributed by atoms with Gasteiger partial charge in [0.2, 0.25) is 0 Å². The Balaban J connectivity index is 4.28. The van der Waals surface area contributed by atoms with E-state index in [9.17, 15) is 14.4 Å². The number of ether oxygens (including phenoxy) is 2. The molecule has 0 aliphatic rings. The van der Waals surface area contributed by atoms with Gasteiger partial charge < -0.3 is 14.6 Å². The number of unbranched alkanes of at least 4 members (excludes halogenated alkanes) is 9. The molecule has 0 aromatic rings. The van der Waals surface area contributed by atoms with Crippen LogP contribution < -0.4 is 0 Å². The lowest BCUT2D eigenvalue weighted by molar-refractivity contribution is -0.153. The second-order valence-electron chi connectivity index (χ2n) is 6.78. The van der Waals surface area contributed by atoms with Gasteiger partial charge in [0.25, 0.3) is 0 Å². The Kier molecular flexibility index (Phi) is 17.0. The minimum Gasteiger partial charge on any atom is -0.481 e. The van der Waals surface area contributed by atoms with E-state index in [1.807, 2.05) is 0 Å². The van der Waals surface area contributed by atoms with Crippen LogP contribution >= 0.6 is 11.8 Å². The van der Waals surface area contributed by atoms with Gasteiger partial charge in [-0.15, -0.1) is 11.8 Å². The first kappa shape index (κ1) is 26.8. The Labute approximate surface area is 174 Å². The molecule has 0 aliphatic heterocycles. The molecule has 28 heavy (non-hydrogen) atoms. The van der Waals surface area contributed by atoms with E-state index < -0.39 is 29.1 Å². The second kappa shape index (κ2) is 17.8. The normalized spacial score (nSPS) is 13.0. The van der Waals surface area contributed by atoms with E-state index in [4.69, 9.17) is 14.6 Å². The van der Waals surface area contributed by atoms with Gasteiger partial charge in [-0.25, -0.2) is 0 Å². The number of aliphatic carboxylic acids is 1. The molecule has 0 fully saturated rings. The van der Waals surface area contributed by atoms with E-state index in [2.05, 4.69) is 6.92 Å². The van der Waals surface area contributed by atoms with Crippen LogP contribution in [0.2, 0.25) is 0 Å². The molecule has 1 N–H and O–H groups in total. The molecule has 0 aromatic carbocycles. The van der Waals surface area contributed by atoms with Crippen LogP contribution in [0.15, 0.2) is 0 Å². The van der Waals surface area contributed by atoms with E-state index in [-0.39, 0.29) is 6.61 Å². The third-order valence-corrected chi connectivity index (χ3v) is 5.81. The maximum absolute atomic E-state index is 12.1. The molecule has 6 nitrogen and oxygen atoms in total. The van der Waals surface area contributed by atoms with Crippen LogP contribution in [0.4, 0.5) is 0 Å². The minimum atomic E-state index is -1.26. The van der Waals surface area contributed by atoms with Gasteiger partial charge in [-0.1, -0.05) is 64.7 Å². The number of carbonyl (C=O) groups excluding carboxylic acids is 2. The number of carboxylic acids is 1. The van der Waals surface area contributed by atoms with Crippen molar-refractivity contribution in [3.63, 3.8) is 0 Å².